The van der Waals surface area contributed by atoms with Crippen molar-refractivity contribution >= 4 is 5.69 Å². The van der Waals surface area contributed by atoms with E-state index in [1.807, 2.05) is 0 Å². The van der Waals surface area contributed by atoms with Crippen LogP contribution in [0.3, 0.4) is 0 Å². The molecule has 0 amide bonds. The van der Waals surface area contributed by atoms with Gasteiger partial charge in [0, 0.05) is 6.07 Å². The number of nitrogens with zero attached hydrogens (tertiary/aromatic N) is 1. The van der Waals surface area contributed by atoms with Crippen molar-refractivity contribution < 1.29 is 14.4 Å². The van der Waals surface area contributed by atoms with Gasteiger partial charge in [-0.2, -0.15) is 0 Å². The van der Waals surface area contributed by atoms with Crippen LogP contribution in [0.5, 0.6) is 11.5 Å². The molecule has 21 heavy (non-hydrogen) atoms. The average Bonchev–Trinajstić information content (AvgIpc) is 2.48. The smallest absolute Gasteiger partial charge is 0.273 e. The fraction of sp³-hybridized carbons (Fsp3) is 0.625. The normalized spacial score (nSPS) is 10.4. The summed E-state index contributed by atoms with van der Waals surface area (Å²) in [6.07, 6.45) is 6.35. The molecule has 118 valence electrons. The van der Waals surface area contributed by atoms with Gasteiger partial charge in [0.1, 0.15) is 0 Å². The van der Waals surface area contributed by atoms with E-state index in [2.05, 4.69) is 13.8 Å². The largest absolute Gasteiger partial charge is 0.490 e. The molecule has 0 heterocycles. The number of ether oxygens (including phenoxy) is 2. The molecule has 0 aliphatic carbocycles. The van der Waals surface area contributed by atoms with E-state index in [0.29, 0.717) is 24.7 Å². The van der Waals surface area contributed by atoms with Crippen molar-refractivity contribution in [2.45, 2.75) is 52.4 Å². The number of nitro benzene ring substituents is 1. The number of benzene rings is 1. The van der Waals surface area contributed by atoms with Crippen LogP contribution in [0.1, 0.15) is 52.4 Å². The molecule has 1 rings (SSSR count). The van der Waals surface area contributed by atoms with E-state index in [1.54, 1.807) is 6.07 Å². The lowest BCUT2D eigenvalue weighted by Crippen LogP contribution is -2.03. The van der Waals surface area contributed by atoms with Gasteiger partial charge in [-0.1, -0.05) is 39.5 Å². The molecular formula is C16H25NO4. The number of hydrogen-bond donors (Lipinski definition) is 0. The van der Waals surface area contributed by atoms with E-state index in [1.165, 1.54) is 12.1 Å². The topological polar surface area (TPSA) is 61.6 Å². The second-order valence-electron chi connectivity index (χ2n) is 5.00. The first-order valence-corrected chi connectivity index (χ1v) is 7.73. The molecule has 1 aromatic rings. The summed E-state index contributed by atoms with van der Waals surface area (Å²) in [4.78, 5) is 10.4. The highest BCUT2D eigenvalue weighted by molar-refractivity contribution is 5.48. The molecule has 0 saturated carbocycles. The molecule has 0 bridgehead atoms. The van der Waals surface area contributed by atoms with Gasteiger partial charge in [-0.15, -0.1) is 0 Å². The molecule has 0 radical (unpaired) electrons. The second-order valence-corrected chi connectivity index (χ2v) is 5.00. The van der Waals surface area contributed by atoms with Crippen LogP contribution in [0.15, 0.2) is 18.2 Å². The number of unbranched alkanes of at least 4 members (excludes halogenated alkanes) is 4. The van der Waals surface area contributed by atoms with E-state index in [9.17, 15) is 10.1 Å². The van der Waals surface area contributed by atoms with Crippen LogP contribution in [0.4, 0.5) is 5.69 Å². The highest BCUT2D eigenvalue weighted by Crippen LogP contribution is 2.31. The number of rotatable bonds is 11. The molecule has 0 fully saturated rings. The lowest BCUT2D eigenvalue weighted by Gasteiger charge is -2.12. The molecule has 0 aromatic heterocycles. The monoisotopic (exact) mass is 295 g/mol. The third-order valence-corrected chi connectivity index (χ3v) is 3.15. The SMILES string of the molecule is CCCCCOc1ccc([N+](=O)[O-])cc1OCCCCC. The van der Waals surface area contributed by atoms with Crippen LogP contribution in [0.25, 0.3) is 0 Å². The van der Waals surface area contributed by atoms with Crippen LogP contribution in [-0.2, 0) is 0 Å². The van der Waals surface area contributed by atoms with Crippen molar-refractivity contribution in [1.82, 2.24) is 0 Å². The van der Waals surface area contributed by atoms with Gasteiger partial charge in [0.2, 0.25) is 0 Å². The van der Waals surface area contributed by atoms with Crippen molar-refractivity contribution in [1.29, 1.82) is 0 Å². The standard InChI is InChI=1S/C16H25NO4/c1-3-5-7-11-20-15-10-9-14(17(18)19)13-16(15)21-12-8-6-4-2/h9-10,13H,3-8,11-12H2,1-2H3. The van der Waals surface area contributed by atoms with Gasteiger partial charge in [-0.3, -0.25) is 10.1 Å². The van der Waals surface area contributed by atoms with Gasteiger partial charge in [-0.05, 0) is 18.9 Å². The van der Waals surface area contributed by atoms with Crippen LogP contribution >= 0.6 is 0 Å². The molecule has 5 nitrogen and oxygen atoms in total. The Kier molecular flexibility index (Phi) is 8.24. The van der Waals surface area contributed by atoms with Crippen molar-refractivity contribution in [2.24, 2.45) is 0 Å². The van der Waals surface area contributed by atoms with E-state index in [-0.39, 0.29) is 5.69 Å². The minimum atomic E-state index is -0.417. The summed E-state index contributed by atoms with van der Waals surface area (Å²) in [5, 5.41) is 10.8. The maximum atomic E-state index is 10.8. The Bertz CT molecular complexity index is 434. The minimum absolute atomic E-state index is 0.0291. The first-order chi connectivity index (χ1) is 10.2. The summed E-state index contributed by atoms with van der Waals surface area (Å²) in [6, 6.07) is 4.52. The predicted molar refractivity (Wildman–Crippen MR) is 83.1 cm³/mol. The molecule has 0 aliphatic heterocycles. The number of non-ortho nitro benzene ring substituents is 1. The fourth-order valence-electron chi connectivity index (χ4n) is 1.91. The van der Waals surface area contributed by atoms with Crippen LogP contribution in [0.2, 0.25) is 0 Å². The molecule has 0 aliphatic rings. The maximum absolute atomic E-state index is 10.8. The van der Waals surface area contributed by atoms with E-state index < -0.39 is 4.92 Å². The molecule has 0 spiro atoms. The van der Waals surface area contributed by atoms with E-state index >= 15 is 0 Å². The van der Waals surface area contributed by atoms with Gasteiger partial charge in [0.25, 0.3) is 5.69 Å². The number of hydrogen-bond acceptors (Lipinski definition) is 4. The van der Waals surface area contributed by atoms with E-state index in [0.717, 1.165) is 38.5 Å². The summed E-state index contributed by atoms with van der Waals surface area (Å²) < 4.78 is 11.3. The van der Waals surface area contributed by atoms with Gasteiger partial charge in [0.05, 0.1) is 24.2 Å². The van der Waals surface area contributed by atoms with Gasteiger partial charge in [0.15, 0.2) is 11.5 Å². The minimum Gasteiger partial charge on any atom is -0.490 e. The highest BCUT2D eigenvalue weighted by atomic mass is 16.6. The summed E-state index contributed by atoms with van der Waals surface area (Å²) in [5.74, 6) is 1.06. The highest BCUT2D eigenvalue weighted by Gasteiger charge is 2.13. The van der Waals surface area contributed by atoms with Crippen molar-refractivity contribution in [3.63, 3.8) is 0 Å². The molecule has 5 heteroatoms. The third-order valence-electron chi connectivity index (χ3n) is 3.15. The van der Waals surface area contributed by atoms with Gasteiger partial charge < -0.3 is 9.47 Å². The Hall–Kier alpha value is -1.78. The summed E-state index contributed by atoms with van der Waals surface area (Å²) in [7, 11) is 0. The zero-order valence-electron chi connectivity index (χ0n) is 13.0. The van der Waals surface area contributed by atoms with Gasteiger partial charge >= 0.3 is 0 Å². The zero-order chi connectivity index (χ0) is 15.5. The molecule has 0 unspecified atom stereocenters. The lowest BCUT2D eigenvalue weighted by atomic mass is 10.2. The van der Waals surface area contributed by atoms with Crippen molar-refractivity contribution in [3.05, 3.63) is 28.3 Å². The first kappa shape index (κ1) is 17.3. The fourth-order valence-corrected chi connectivity index (χ4v) is 1.91. The Morgan fingerprint density at radius 1 is 0.952 bits per heavy atom. The Labute approximate surface area is 126 Å². The molecule has 0 N–H and O–H groups in total. The Morgan fingerprint density at radius 3 is 2.05 bits per heavy atom. The van der Waals surface area contributed by atoms with Crippen molar-refractivity contribution in [3.8, 4) is 11.5 Å². The maximum Gasteiger partial charge on any atom is 0.273 e. The van der Waals surface area contributed by atoms with Crippen LogP contribution in [0, 0.1) is 10.1 Å². The summed E-state index contributed by atoms with van der Waals surface area (Å²) >= 11 is 0. The molecule has 1 aromatic carbocycles. The Morgan fingerprint density at radius 2 is 1.52 bits per heavy atom. The molecule has 0 atom stereocenters. The molecule has 0 saturated heterocycles. The second kappa shape index (κ2) is 10.0. The summed E-state index contributed by atoms with van der Waals surface area (Å²) in [6.45, 7) is 5.42. The molecular weight excluding hydrogens is 270 g/mol. The zero-order valence-corrected chi connectivity index (χ0v) is 13.0. The first-order valence-electron chi connectivity index (χ1n) is 7.73. The third kappa shape index (κ3) is 6.47. The number of nitro groups is 1. The predicted octanol–water partition coefficient (Wildman–Crippen LogP) is 4.73. The van der Waals surface area contributed by atoms with Crippen molar-refractivity contribution in [2.75, 3.05) is 13.2 Å². The lowest BCUT2D eigenvalue weighted by molar-refractivity contribution is -0.385. The quantitative estimate of drug-likeness (QED) is 0.336. The summed E-state index contributed by atoms with van der Waals surface area (Å²) in [5.41, 5.74) is 0.0291. The average molecular weight is 295 g/mol. The van der Waals surface area contributed by atoms with Gasteiger partial charge in [-0.25, -0.2) is 0 Å². The van der Waals surface area contributed by atoms with Crippen LogP contribution < -0.4 is 9.47 Å². The van der Waals surface area contributed by atoms with E-state index in [4.69, 9.17) is 9.47 Å². The Balaban J connectivity index is 2.67. The van der Waals surface area contributed by atoms with Crippen LogP contribution in [-0.4, -0.2) is 18.1 Å².